The summed E-state index contributed by atoms with van der Waals surface area (Å²) in [4.78, 5) is 72.5. The van der Waals surface area contributed by atoms with Crippen molar-refractivity contribution in [1.29, 1.82) is 0 Å². The van der Waals surface area contributed by atoms with Gasteiger partial charge in [-0.05, 0) is 84.5 Å². The zero-order valence-electron chi connectivity index (χ0n) is 29.9. The normalized spacial score (nSPS) is 18.1. The van der Waals surface area contributed by atoms with Crippen molar-refractivity contribution in [2.45, 2.75) is 44.2 Å². The number of carbonyl (C=O) groups is 6. The molecule has 5 N–H and O–H groups in total. The number of amides is 1. The monoisotopic (exact) mass is 804 g/mol. The van der Waals surface area contributed by atoms with Gasteiger partial charge in [0.15, 0.2) is 0 Å². The highest BCUT2D eigenvalue weighted by molar-refractivity contribution is 5.97. The molecule has 3 aromatic rings. The Kier molecular flexibility index (Phi) is 14.5. The van der Waals surface area contributed by atoms with E-state index < -0.39 is 91.4 Å². The Balaban J connectivity index is 1.20. The number of nitrogens with two attached hydrogens (primary N) is 1. The Morgan fingerprint density at radius 1 is 0.895 bits per heavy atom. The molecule has 18 heteroatoms. The minimum absolute atomic E-state index is 0.0532. The lowest BCUT2D eigenvalue weighted by Crippen LogP contribution is -2.36. The van der Waals surface area contributed by atoms with Crippen LogP contribution in [-0.4, -0.2) is 71.6 Å². The van der Waals surface area contributed by atoms with Crippen LogP contribution >= 0.6 is 0 Å². The number of carbonyl (C=O) groups excluding carboxylic acids is 4. The third-order valence-electron chi connectivity index (χ3n) is 9.11. The average Bonchev–Trinajstić information content (AvgIpc) is 3.52. The fourth-order valence-corrected chi connectivity index (χ4v) is 6.17. The summed E-state index contributed by atoms with van der Waals surface area (Å²) in [7, 11) is 0. The molecule has 1 aliphatic rings. The number of aliphatic carboxylic acids is 2. The number of ether oxygens (including phenoxy) is 3. The first-order valence-corrected chi connectivity index (χ1v) is 17.3. The molecule has 57 heavy (non-hydrogen) atoms. The quantitative estimate of drug-likeness (QED) is 0.0215. The third-order valence-corrected chi connectivity index (χ3v) is 9.11. The summed E-state index contributed by atoms with van der Waals surface area (Å²) in [6, 6.07) is 16.0. The van der Waals surface area contributed by atoms with E-state index in [1.54, 1.807) is 18.2 Å². The number of rotatable bonds is 18. The van der Waals surface area contributed by atoms with E-state index in [9.17, 15) is 55.8 Å². The lowest BCUT2D eigenvalue weighted by molar-refractivity contribution is -0.284. The molecule has 4 atom stereocenters. The Hall–Kier alpha value is -6.33. The zero-order chi connectivity index (χ0) is 41.9. The van der Waals surface area contributed by atoms with Crippen LogP contribution in [0.4, 0.5) is 33.3 Å². The first-order valence-electron chi connectivity index (χ1n) is 17.3. The molecule has 0 spiro atoms. The number of halogens is 5. The number of alkyl halides is 5. The van der Waals surface area contributed by atoms with Crippen LogP contribution in [0.15, 0.2) is 72.8 Å². The van der Waals surface area contributed by atoms with Crippen LogP contribution in [0.2, 0.25) is 0 Å². The number of aldehydes is 1. The highest BCUT2D eigenvalue weighted by Crippen LogP contribution is 2.43. The van der Waals surface area contributed by atoms with E-state index in [-0.39, 0.29) is 47.9 Å². The predicted molar refractivity (Wildman–Crippen MR) is 191 cm³/mol. The number of nitrogens with one attached hydrogen (secondary N) is 1. The van der Waals surface area contributed by atoms with Crippen molar-refractivity contribution in [1.82, 2.24) is 0 Å². The van der Waals surface area contributed by atoms with Gasteiger partial charge in [-0.3, -0.25) is 14.4 Å². The van der Waals surface area contributed by atoms with E-state index in [0.29, 0.717) is 17.4 Å². The van der Waals surface area contributed by atoms with Crippen molar-refractivity contribution >= 4 is 53.5 Å². The molecule has 0 bridgehead atoms. The molecular formula is C39H37F5N2O11. The first kappa shape index (κ1) is 43.4. The highest BCUT2D eigenvalue weighted by atomic mass is 19.4. The fraction of sp³-hybridized carbons (Fsp3) is 0.333. The predicted octanol–water partition coefficient (Wildman–Crippen LogP) is 6.21. The van der Waals surface area contributed by atoms with E-state index in [1.807, 2.05) is 0 Å². The van der Waals surface area contributed by atoms with Gasteiger partial charge in [-0.2, -0.15) is 22.0 Å². The first-order chi connectivity index (χ1) is 26.9. The largest absolute Gasteiger partial charge is 0.494 e. The molecule has 304 valence electrons. The van der Waals surface area contributed by atoms with Gasteiger partial charge in [0.1, 0.15) is 17.8 Å². The van der Waals surface area contributed by atoms with Crippen LogP contribution in [0.5, 0.6) is 11.5 Å². The van der Waals surface area contributed by atoms with E-state index in [4.69, 9.17) is 25.1 Å². The van der Waals surface area contributed by atoms with Crippen molar-refractivity contribution in [3.05, 3.63) is 89.5 Å². The van der Waals surface area contributed by atoms with E-state index >= 15 is 0 Å². The minimum atomic E-state index is -5.63. The molecule has 0 radical (unpaired) electrons. The maximum Gasteiger partial charge on any atom is 0.453 e. The lowest BCUT2D eigenvalue weighted by atomic mass is 9.86. The number of hydrogen-bond acceptors (Lipinski definition) is 10. The van der Waals surface area contributed by atoms with Gasteiger partial charge in [-0.25, -0.2) is 9.59 Å². The van der Waals surface area contributed by atoms with Crippen molar-refractivity contribution < 1.29 is 75.1 Å². The standard InChI is InChI=1S/C39H37F5N2O11/c40-38(41,39(42,43)44)15-1-16-55-27-11-6-24(7-12-27)37(54)57-28-9-2-22(3-10-28)4-13-33(50)56-17-14-23-5-8-26(20-31(23)45)46-35(51)29-18-25(19-32(48)49)30(21-47)34(29)36(52)53/h2-13,20-21,25,29-30,34H,1,14-19,45H2,(H,46,51)(H,48,49)(H,52,53)/b13-4+. The van der Waals surface area contributed by atoms with Crippen molar-refractivity contribution in [3.63, 3.8) is 0 Å². The third kappa shape index (κ3) is 12.1. The van der Waals surface area contributed by atoms with Crippen LogP contribution in [0.3, 0.4) is 0 Å². The molecule has 0 aromatic heterocycles. The number of esters is 2. The molecule has 1 saturated carbocycles. The number of carboxylic acid groups (broad SMARTS) is 2. The van der Waals surface area contributed by atoms with Crippen LogP contribution in [-0.2, 0) is 35.1 Å². The van der Waals surface area contributed by atoms with Crippen LogP contribution in [0.25, 0.3) is 6.08 Å². The van der Waals surface area contributed by atoms with E-state index in [1.165, 1.54) is 60.7 Å². The van der Waals surface area contributed by atoms with Gasteiger partial charge in [0, 0.05) is 42.6 Å². The van der Waals surface area contributed by atoms with Gasteiger partial charge in [-0.15, -0.1) is 0 Å². The minimum Gasteiger partial charge on any atom is -0.494 e. The molecule has 13 nitrogen and oxygen atoms in total. The zero-order valence-corrected chi connectivity index (χ0v) is 29.9. The maximum absolute atomic E-state index is 13.0. The molecule has 0 aliphatic heterocycles. The topological polar surface area (TPSA) is 209 Å². The Morgan fingerprint density at radius 2 is 1.56 bits per heavy atom. The molecular weight excluding hydrogens is 767 g/mol. The van der Waals surface area contributed by atoms with Crippen LogP contribution < -0.4 is 20.5 Å². The molecule has 0 saturated heterocycles. The molecule has 1 amide bonds. The molecule has 4 rings (SSSR count). The number of anilines is 2. The highest BCUT2D eigenvalue weighted by Gasteiger charge is 2.56. The number of benzene rings is 3. The number of nitrogen functional groups attached to an aromatic ring is 1. The second-order valence-corrected chi connectivity index (χ2v) is 13.1. The van der Waals surface area contributed by atoms with Crippen molar-refractivity contribution in [2.75, 3.05) is 24.3 Å². The van der Waals surface area contributed by atoms with Crippen LogP contribution in [0, 0.1) is 23.7 Å². The van der Waals surface area contributed by atoms with Gasteiger partial charge in [0.05, 0.1) is 30.6 Å². The average molecular weight is 805 g/mol. The summed E-state index contributed by atoms with van der Waals surface area (Å²) >= 11 is 0. The summed E-state index contributed by atoms with van der Waals surface area (Å²) in [6.07, 6.45) is -4.90. The van der Waals surface area contributed by atoms with Gasteiger partial charge < -0.3 is 40.3 Å². The Labute approximate surface area is 321 Å². The second-order valence-electron chi connectivity index (χ2n) is 13.1. The fourth-order valence-electron chi connectivity index (χ4n) is 6.17. The van der Waals surface area contributed by atoms with Gasteiger partial charge in [0.25, 0.3) is 0 Å². The Bertz CT molecular complexity index is 1970. The number of carboxylic acids is 2. The lowest BCUT2D eigenvalue weighted by Gasteiger charge is -2.19. The van der Waals surface area contributed by atoms with Crippen molar-refractivity contribution in [3.8, 4) is 11.5 Å². The van der Waals surface area contributed by atoms with E-state index in [2.05, 4.69) is 5.32 Å². The van der Waals surface area contributed by atoms with Crippen molar-refractivity contribution in [2.24, 2.45) is 23.7 Å². The molecule has 3 aromatic carbocycles. The second kappa shape index (κ2) is 19.0. The SMILES string of the molecule is Nc1cc(NC(=O)C2CC(CC(=O)O)C(C=O)C2C(=O)O)ccc1CCOC(=O)/C=C/c1ccc(OC(=O)c2ccc(OCCCC(F)(F)C(F)(F)F)cc2)cc1. The summed E-state index contributed by atoms with van der Waals surface area (Å²) in [5, 5.41) is 21.4. The van der Waals surface area contributed by atoms with Gasteiger partial charge in [0.2, 0.25) is 5.91 Å². The van der Waals surface area contributed by atoms with Gasteiger partial charge >= 0.3 is 36.0 Å². The smallest absolute Gasteiger partial charge is 0.453 e. The molecule has 1 aliphatic carbocycles. The summed E-state index contributed by atoms with van der Waals surface area (Å²) in [6.45, 7) is -0.444. The number of hydrogen-bond donors (Lipinski definition) is 4. The van der Waals surface area contributed by atoms with Crippen LogP contribution in [0.1, 0.15) is 47.2 Å². The summed E-state index contributed by atoms with van der Waals surface area (Å²) in [5.74, 6) is -13.6. The summed E-state index contributed by atoms with van der Waals surface area (Å²) < 4.78 is 78.5. The van der Waals surface area contributed by atoms with Gasteiger partial charge in [-0.1, -0.05) is 18.2 Å². The molecule has 0 heterocycles. The molecule has 4 unspecified atom stereocenters. The molecule has 1 fully saturated rings. The summed E-state index contributed by atoms with van der Waals surface area (Å²) in [5.41, 5.74) is 7.88. The maximum atomic E-state index is 13.0. The van der Waals surface area contributed by atoms with E-state index in [0.717, 1.165) is 0 Å². The Morgan fingerprint density at radius 3 is 2.16 bits per heavy atom.